The molecule has 3 aromatic rings. The second-order valence-electron chi connectivity index (χ2n) is 6.80. The lowest BCUT2D eigenvalue weighted by Crippen LogP contribution is -2.03. The Morgan fingerprint density at radius 2 is 1.67 bits per heavy atom. The number of carbonyl (C=O) groups excluding carboxylic acids is 1. The molecule has 0 amide bonds. The Morgan fingerprint density at radius 1 is 0.963 bits per heavy atom. The second-order valence-corrected chi connectivity index (χ2v) is 6.80. The molecule has 0 aliphatic carbocycles. The number of cyclic esters (lactones) is 1. The lowest BCUT2D eigenvalue weighted by molar-refractivity contribution is -0.139. The number of esters is 1. The minimum Gasteiger partial charge on any atom is -0.468 e. The third-order valence-corrected chi connectivity index (χ3v) is 4.85. The van der Waals surface area contributed by atoms with Crippen molar-refractivity contribution in [1.29, 1.82) is 0 Å². The number of rotatable bonds is 6. The lowest BCUT2D eigenvalue weighted by Gasteiger charge is -2.13. The molecule has 2 aromatic carbocycles. The van der Waals surface area contributed by atoms with Gasteiger partial charge in [-0.2, -0.15) is 0 Å². The van der Waals surface area contributed by atoms with Crippen LogP contribution in [-0.2, 0) is 16.0 Å². The van der Waals surface area contributed by atoms with Crippen LogP contribution in [0.15, 0.2) is 83.0 Å². The first-order valence-electron chi connectivity index (χ1n) is 9.37. The molecule has 0 radical (unpaired) electrons. The van der Waals surface area contributed by atoms with Crippen molar-refractivity contribution in [1.82, 2.24) is 0 Å². The first-order valence-corrected chi connectivity index (χ1v) is 9.37. The first-order chi connectivity index (χ1) is 13.3. The van der Waals surface area contributed by atoms with E-state index in [2.05, 4.69) is 19.1 Å². The molecule has 1 aliphatic heterocycles. The molecule has 1 aromatic heterocycles. The predicted octanol–water partition coefficient (Wildman–Crippen LogP) is 5.72. The Bertz CT molecular complexity index is 952. The molecule has 0 N–H and O–H groups in total. The third kappa shape index (κ3) is 3.59. The summed E-state index contributed by atoms with van der Waals surface area (Å²) in [6, 6.07) is 22.1. The smallest absolute Gasteiger partial charge is 0.335 e. The van der Waals surface area contributed by atoms with Crippen LogP contribution in [-0.4, -0.2) is 5.97 Å². The zero-order valence-electron chi connectivity index (χ0n) is 15.4. The van der Waals surface area contributed by atoms with Crippen molar-refractivity contribution in [3.8, 4) is 0 Å². The topological polar surface area (TPSA) is 39.4 Å². The number of carbonyl (C=O) groups is 1. The molecule has 1 atom stereocenters. The van der Waals surface area contributed by atoms with E-state index in [-0.39, 0.29) is 12.1 Å². The Kier molecular flexibility index (Phi) is 4.93. The predicted molar refractivity (Wildman–Crippen MR) is 105 cm³/mol. The van der Waals surface area contributed by atoms with E-state index in [0.717, 1.165) is 40.9 Å². The molecule has 3 heteroatoms. The van der Waals surface area contributed by atoms with Crippen molar-refractivity contribution >= 4 is 11.5 Å². The fraction of sp³-hybridized carbons (Fsp3) is 0.208. The van der Waals surface area contributed by atoms with Crippen molar-refractivity contribution in [3.05, 3.63) is 101 Å². The molecule has 136 valence electrons. The summed E-state index contributed by atoms with van der Waals surface area (Å²) in [6.45, 7) is 2.07. The van der Waals surface area contributed by atoms with Crippen LogP contribution in [0.1, 0.15) is 48.3 Å². The highest BCUT2D eigenvalue weighted by Crippen LogP contribution is 2.43. The molecule has 0 bridgehead atoms. The largest absolute Gasteiger partial charge is 0.468 e. The van der Waals surface area contributed by atoms with Crippen LogP contribution in [0.3, 0.4) is 0 Å². The summed E-state index contributed by atoms with van der Waals surface area (Å²) in [5, 5.41) is 0. The van der Waals surface area contributed by atoms with Crippen LogP contribution in [0.5, 0.6) is 0 Å². The monoisotopic (exact) mass is 358 g/mol. The zero-order chi connectivity index (χ0) is 18.6. The Morgan fingerprint density at radius 3 is 2.37 bits per heavy atom. The molecule has 4 rings (SSSR count). The summed E-state index contributed by atoms with van der Waals surface area (Å²) in [5.74, 6) is 0.664. The molecule has 0 unspecified atom stereocenters. The maximum Gasteiger partial charge on any atom is 0.335 e. The molecule has 0 saturated heterocycles. The quantitative estimate of drug-likeness (QED) is 0.529. The van der Waals surface area contributed by atoms with Crippen LogP contribution in [0.25, 0.3) is 5.57 Å². The molecular weight excluding hydrogens is 336 g/mol. The Hall–Kier alpha value is -3.07. The van der Waals surface area contributed by atoms with Crippen LogP contribution >= 0.6 is 0 Å². The summed E-state index contributed by atoms with van der Waals surface area (Å²) in [7, 11) is 0. The highest BCUT2D eigenvalue weighted by molar-refractivity contribution is 6.03. The van der Waals surface area contributed by atoms with E-state index in [0.29, 0.717) is 6.42 Å². The average Bonchev–Trinajstić information content (AvgIpc) is 3.28. The van der Waals surface area contributed by atoms with Gasteiger partial charge in [-0.3, -0.25) is 0 Å². The molecule has 0 saturated carbocycles. The molecule has 27 heavy (non-hydrogen) atoms. The van der Waals surface area contributed by atoms with Gasteiger partial charge in [-0.05, 0) is 23.6 Å². The van der Waals surface area contributed by atoms with Gasteiger partial charge in [-0.1, -0.05) is 74.0 Å². The Labute approximate surface area is 159 Å². The highest BCUT2D eigenvalue weighted by atomic mass is 16.5. The molecule has 0 spiro atoms. The number of hydrogen-bond acceptors (Lipinski definition) is 3. The molecule has 3 nitrogen and oxygen atoms in total. The number of hydrogen-bond donors (Lipinski definition) is 0. The minimum atomic E-state index is -0.373. The zero-order valence-corrected chi connectivity index (χ0v) is 15.4. The SMILES string of the molecule is CCCC1=C(c2coc(Cc3ccccc3)c2)[C@@H](c2ccccc2)OC1=O. The molecule has 0 fully saturated rings. The summed E-state index contributed by atoms with van der Waals surface area (Å²) in [4.78, 5) is 12.5. The van der Waals surface area contributed by atoms with E-state index in [1.54, 1.807) is 6.26 Å². The van der Waals surface area contributed by atoms with Gasteiger partial charge >= 0.3 is 5.97 Å². The average molecular weight is 358 g/mol. The van der Waals surface area contributed by atoms with Gasteiger partial charge in [0.2, 0.25) is 0 Å². The van der Waals surface area contributed by atoms with E-state index in [4.69, 9.17) is 9.15 Å². The molecule has 2 heterocycles. The van der Waals surface area contributed by atoms with Gasteiger partial charge in [0, 0.05) is 23.1 Å². The normalized spacial score (nSPS) is 16.6. The van der Waals surface area contributed by atoms with Crippen molar-refractivity contribution in [3.63, 3.8) is 0 Å². The summed E-state index contributed by atoms with van der Waals surface area (Å²) in [6.07, 6.45) is 3.70. The van der Waals surface area contributed by atoms with Gasteiger partial charge in [0.25, 0.3) is 0 Å². The van der Waals surface area contributed by atoms with Crippen LogP contribution in [0.4, 0.5) is 0 Å². The molecule has 1 aliphatic rings. The van der Waals surface area contributed by atoms with Gasteiger partial charge in [-0.25, -0.2) is 4.79 Å². The highest BCUT2D eigenvalue weighted by Gasteiger charge is 2.35. The van der Waals surface area contributed by atoms with Gasteiger partial charge in [0.1, 0.15) is 5.76 Å². The number of benzene rings is 2. The van der Waals surface area contributed by atoms with E-state index < -0.39 is 0 Å². The number of ether oxygens (including phenoxy) is 1. The van der Waals surface area contributed by atoms with Crippen LogP contribution in [0.2, 0.25) is 0 Å². The third-order valence-electron chi connectivity index (χ3n) is 4.85. The van der Waals surface area contributed by atoms with Crippen LogP contribution in [0, 0.1) is 0 Å². The summed E-state index contributed by atoms with van der Waals surface area (Å²) >= 11 is 0. The standard InChI is InChI=1S/C24H22O3/c1-2-9-21-22(23(27-24(21)25)18-12-7-4-8-13-18)19-15-20(26-16-19)14-17-10-5-3-6-11-17/h3-8,10-13,15-16,23H,2,9,14H2,1H3/t23-/m1/s1. The van der Waals surface area contributed by atoms with Gasteiger partial charge in [-0.15, -0.1) is 0 Å². The van der Waals surface area contributed by atoms with Crippen molar-refractivity contribution in [2.24, 2.45) is 0 Å². The van der Waals surface area contributed by atoms with Crippen molar-refractivity contribution < 1.29 is 13.9 Å². The van der Waals surface area contributed by atoms with Gasteiger partial charge in [0.15, 0.2) is 6.10 Å². The lowest BCUT2D eigenvalue weighted by atomic mass is 9.92. The first kappa shape index (κ1) is 17.3. The van der Waals surface area contributed by atoms with Crippen LogP contribution < -0.4 is 0 Å². The maximum absolute atomic E-state index is 12.5. The van der Waals surface area contributed by atoms with Crippen molar-refractivity contribution in [2.75, 3.05) is 0 Å². The fourth-order valence-corrected chi connectivity index (χ4v) is 3.59. The fourth-order valence-electron chi connectivity index (χ4n) is 3.59. The second kappa shape index (κ2) is 7.67. The van der Waals surface area contributed by atoms with E-state index in [1.165, 1.54) is 5.56 Å². The number of furan rings is 1. The molecular formula is C24H22O3. The minimum absolute atomic E-state index is 0.216. The van der Waals surface area contributed by atoms with E-state index >= 15 is 0 Å². The summed E-state index contributed by atoms with van der Waals surface area (Å²) in [5.41, 5.74) is 4.82. The van der Waals surface area contributed by atoms with E-state index in [1.807, 2.05) is 54.6 Å². The van der Waals surface area contributed by atoms with Gasteiger partial charge < -0.3 is 9.15 Å². The Balaban J connectivity index is 1.70. The van der Waals surface area contributed by atoms with Gasteiger partial charge in [0.05, 0.1) is 6.26 Å². The maximum atomic E-state index is 12.5. The van der Waals surface area contributed by atoms with Crippen molar-refractivity contribution in [2.45, 2.75) is 32.3 Å². The van der Waals surface area contributed by atoms with E-state index in [9.17, 15) is 4.79 Å². The summed E-state index contributed by atoms with van der Waals surface area (Å²) < 4.78 is 11.6.